The number of carboxylic acids is 1. The van der Waals surface area contributed by atoms with Gasteiger partial charge in [-0.05, 0) is 30.7 Å². The van der Waals surface area contributed by atoms with Gasteiger partial charge in [-0.25, -0.2) is 4.79 Å². The predicted molar refractivity (Wildman–Crippen MR) is 62.6 cm³/mol. The maximum absolute atomic E-state index is 10.8. The Balaban J connectivity index is 2.08. The van der Waals surface area contributed by atoms with Crippen molar-refractivity contribution in [3.8, 4) is 5.75 Å². The van der Waals surface area contributed by atoms with E-state index >= 15 is 0 Å². The molecule has 1 aromatic carbocycles. The smallest absolute Gasteiger partial charge is 0.335 e. The summed E-state index contributed by atoms with van der Waals surface area (Å²) in [6.07, 6.45) is 1.96. The van der Waals surface area contributed by atoms with E-state index in [-0.39, 0.29) is 6.10 Å². The molecule has 4 nitrogen and oxygen atoms in total. The van der Waals surface area contributed by atoms with Crippen LogP contribution in [0.4, 0.5) is 0 Å². The minimum absolute atomic E-state index is 0.179. The highest BCUT2D eigenvalue weighted by Gasteiger charge is 2.16. The van der Waals surface area contributed by atoms with Crippen LogP contribution in [0.3, 0.4) is 0 Å². The van der Waals surface area contributed by atoms with Gasteiger partial charge >= 0.3 is 5.97 Å². The van der Waals surface area contributed by atoms with Gasteiger partial charge in [0.15, 0.2) is 0 Å². The molecular weight excluding hydrogens is 220 g/mol. The molecule has 1 aromatic rings. The van der Waals surface area contributed by atoms with Crippen molar-refractivity contribution in [3.05, 3.63) is 29.3 Å². The molecule has 0 unspecified atom stereocenters. The van der Waals surface area contributed by atoms with Crippen LogP contribution in [0.1, 0.15) is 28.8 Å². The molecule has 1 saturated heterocycles. The third-order valence-corrected chi connectivity index (χ3v) is 2.88. The van der Waals surface area contributed by atoms with Crippen LogP contribution < -0.4 is 4.74 Å². The summed E-state index contributed by atoms with van der Waals surface area (Å²) in [4.78, 5) is 10.8. The fraction of sp³-hybridized carbons (Fsp3) is 0.462. The first-order valence-corrected chi connectivity index (χ1v) is 5.75. The molecular formula is C13H16O4. The van der Waals surface area contributed by atoms with Crippen LogP contribution in [0.5, 0.6) is 5.75 Å². The van der Waals surface area contributed by atoms with Crippen LogP contribution >= 0.6 is 0 Å². The van der Waals surface area contributed by atoms with Crippen LogP contribution in [-0.2, 0) is 4.74 Å². The zero-order chi connectivity index (χ0) is 12.3. The van der Waals surface area contributed by atoms with Crippen molar-refractivity contribution < 1.29 is 19.4 Å². The molecule has 0 atom stereocenters. The second-order valence-electron chi connectivity index (χ2n) is 4.22. The van der Waals surface area contributed by atoms with Crippen LogP contribution in [0.2, 0.25) is 0 Å². The Kier molecular flexibility index (Phi) is 3.64. The van der Waals surface area contributed by atoms with Gasteiger partial charge < -0.3 is 14.6 Å². The topological polar surface area (TPSA) is 55.8 Å². The fourth-order valence-corrected chi connectivity index (χ4v) is 1.89. The van der Waals surface area contributed by atoms with Gasteiger partial charge in [-0.3, -0.25) is 0 Å². The van der Waals surface area contributed by atoms with Gasteiger partial charge in [0.1, 0.15) is 11.9 Å². The molecule has 1 fully saturated rings. The Hall–Kier alpha value is -1.55. The van der Waals surface area contributed by atoms with Crippen LogP contribution in [0.15, 0.2) is 18.2 Å². The van der Waals surface area contributed by atoms with Gasteiger partial charge in [-0.2, -0.15) is 0 Å². The number of carbonyl (C=O) groups is 1. The summed E-state index contributed by atoms with van der Waals surface area (Å²) in [5.74, 6) is -0.146. The molecule has 17 heavy (non-hydrogen) atoms. The van der Waals surface area contributed by atoms with E-state index < -0.39 is 5.97 Å². The summed E-state index contributed by atoms with van der Waals surface area (Å²) in [5.41, 5.74) is 1.15. The quantitative estimate of drug-likeness (QED) is 0.874. The molecule has 0 radical (unpaired) electrons. The molecule has 1 aliphatic heterocycles. The Labute approximate surface area is 100 Å². The van der Waals surface area contributed by atoms with Crippen molar-refractivity contribution in [2.45, 2.75) is 25.9 Å². The molecule has 0 aromatic heterocycles. The Morgan fingerprint density at radius 2 is 2.12 bits per heavy atom. The minimum atomic E-state index is -0.911. The van der Waals surface area contributed by atoms with Crippen LogP contribution in [0, 0.1) is 6.92 Å². The highest BCUT2D eigenvalue weighted by atomic mass is 16.5. The van der Waals surface area contributed by atoms with E-state index in [1.165, 1.54) is 0 Å². The molecule has 0 aliphatic carbocycles. The molecule has 1 aliphatic rings. The van der Waals surface area contributed by atoms with E-state index in [1.807, 2.05) is 6.92 Å². The molecule has 0 amide bonds. The first-order chi connectivity index (χ1) is 8.16. The van der Waals surface area contributed by atoms with Crippen molar-refractivity contribution in [2.75, 3.05) is 13.2 Å². The maximum atomic E-state index is 10.8. The number of ether oxygens (including phenoxy) is 2. The van der Waals surface area contributed by atoms with Crippen molar-refractivity contribution in [3.63, 3.8) is 0 Å². The summed E-state index contributed by atoms with van der Waals surface area (Å²) >= 11 is 0. The van der Waals surface area contributed by atoms with Crippen LogP contribution in [0.25, 0.3) is 0 Å². The number of aryl methyl sites for hydroxylation is 1. The van der Waals surface area contributed by atoms with Crippen LogP contribution in [-0.4, -0.2) is 30.4 Å². The number of hydrogen-bond acceptors (Lipinski definition) is 3. The number of carboxylic acid groups (broad SMARTS) is 1. The molecule has 1 N–H and O–H groups in total. The lowest BCUT2D eigenvalue weighted by atomic mass is 10.1. The van der Waals surface area contributed by atoms with Gasteiger partial charge in [0.2, 0.25) is 0 Å². The average Bonchev–Trinajstić information content (AvgIpc) is 2.33. The highest BCUT2D eigenvalue weighted by Crippen LogP contribution is 2.23. The Morgan fingerprint density at radius 1 is 1.41 bits per heavy atom. The second kappa shape index (κ2) is 5.19. The highest BCUT2D eigenvalue weighted by molar-refractivity contribution is 5.88. The lowest BCUT2D eigenvalue weighted by Crippen LogP contribution is -2.26. The summed E-state index contributed by atoms with van der Waals surface area (Å²) < 4.78 is 11.1. The number of benzene rings is 1. The Bertz CT molecular complexity index is 408. The van der Waals surface area contributed by atoms with E-state index in [2.05, 4.69) is 0 Å². The van der Waals surface area contributed by atoms with Crippen molar-refractivity contribution in [2.24, 2.45) is 0 Å². The zero-order valence-electron chi connectivity index (χ0n) is 9.81. The van der Waals surface area contributed by atoms with E-state index in [0.29, 0.717) is 5.56 Å². The molecule has 2 rings (SSSR count). The number of hydrogen-bond donors (Lipinski definition) is 1. The van der Waals surface area contributed by atoms with Crippen molar-refractivity contribution in [1.29, 1.82) is 0 Å². The Morgan fingerprint density at radius 3 is 2.71 bits per heavy atom. The molecule has 0 spiro atoms. The van der Waals surface area contributed by atoms with Crippen molar-refractivity contribution in [1.82, 2.24) is 0 Å². The average molecular weight is 236 g/mol. The van der Waals surface area contributed by atoms with E-state index in [1.54, 1.807) is 18.2 Å². The predicted octanol–water partition coefficient (Wildman–Crippen LogP) is 2.25. The number of aromatic carboxylic acids is 1. The summed E-state index contributed by atoms with van der Waals surface area (Å²) in [6.45, 7) is 3.33. The lowest BCUT2D eigenvalue weighted by Gasteiger charge is -2.24. The standard InChI is InChI=1S/C13H16O4/c1-9-8-10(13(14)15)2-3-12(9)17-11-4-6-16-7-5-11/h2-3,8,11H,4-7H2,1H3,(H,14,15). The normalized spacial score (nSPS) is 16.8. The van der Waals surface area contributed by atoms with E-state index in [4.69, 9.17) is 14.6 Å². The maximum Gasteiger partial charge on any atom is 0.335 e. The minimum Gasteiger partial charge on any atom is -0.490 e. The van der Waals surface area contributed by atoms with Gasteiger partial charge in [-0.15, -0.1) is 0 Å². The third-order valence-electron chi connectivity index (χ3n) is 2.88. The largest absolute Gasteiger partial charge is 0.490 e. The summed E-state index contributed by atoms with van der Waals surface area (Å²) in [5, 5.41) is 8.86. The third kappa shape index (κ3) is 2.97. The zero-order valence-corrected chi connectivity index (χ0v) is 9.81. The van der Waals surface area contributed by atoms with E-state index in [9.17, 15) is 4.79 Å². The van der Waals surface area contributed by atoms with Gasteiger partial charge in [0, 0.05) is 12.8 Å². The molecule has 0 saturated carbocycles. The van der Waals surface area contributed by atoms with Gasteiger partial charge in [0.25, 0.3) is 0 Å². The fourth-order valence-electron chi connectivity index (χ4n) is 1.89. The summed E-state index contributed by atoms with van der Waals surface area (Å²) in [6, 6.07) is 4.94. The molecule has 92 valence electrons. The van der Waals surface area contributed by atoms with Gasteiger partial charge in [0.05, 0.1) is 18.8 Å². The lowest BCUT2D eigenvalue weighted by molar-refractivity contribution is 0.0253. The first kappa shape index (κ1) is 11.9. The number of rotatable bonds is 3. The second-order valence-corrected chi connectivity index (χ2v) is 4.22. The SMILES string of the molecule is Cc1cc(C(=O)O)ccc1OC1CCOCC1. The van der Waals surface area contributed by atoms with E-state index in [0.717, 1.165) is 37.4 Å². The molecule has 0 bridgehead atoms. The summed E-state index contributed by atoms with van der Waals surface area (Å²) in [7, 11) is 0. The molecule has 1 heterocycles. The van der Waals surface area contributed by atoms with Gasteiger partial charge in [-0.1, -0.05) is 0 Å². The first-order valence-electron chi connectivity index (χ1n) is 5.75. The van der Waals surface area contributed by atoms with Crippen molar-refractivity contribution >= 4 is 5.97 Å². The molecule has 4 heteroatoms. The monoisotopic (exact) mass is 236 g/mol.